The monoisotopic (exact) mass is 292 g/mol. The minimum absolute atomic E-state index is 0.0498. The van der Waals surface area contributed by atoms with Gasteiger partial charge in [-0.2, -0.15) is 0 Å². The molecule has 2 atom stereocenters. The van der Waals surface area contributed by atoms with E-state index >= 15 is 0 Å². The second kappa shape index (κ2) is 6.69. The molecule has 1 heterocycles. The van der Waals surface area contributed by atoms with Crippen molar-refractivity contribution >= 4 is 17.5 Å². The maximum Gasteiger partial charge on any atom is 0.322 e. The van der Waals surface area contributed by atoms with Crippen LogP contribution in [0.25, 0.3) is 0 Å². The van der Waals surface area contributed by atoms with Crippen molar-refractivity contribution < 1.29 is 19.4 Å². The Labute approximate surface area is 123 Å². The molecule has 114 valence electrons. The molecule has 2 unspecified atom stereocenters. The normalized spacial score (nSPS) is 22.0. The van der Waals surface area contributed by atoms with Gasteiger partial charge in [0.15, 0.2) is 5.78 Å². The Kier molecular flexibility index (Phi) is 4.93. The van der Waals surface area contributed by atoms with Gasteiger partial charge in [-0.05, 0) is 26.0 Å². The van der Waals surface area contributed by atoms with Crippen LogP contribution in [0, 0.1) is 0 Å². The molecule has 1 aromatic carbocycles. The topological polar surface area (TPSA) is 78.9 Å². The van der Waals surface area contributed by atoms with Gasteiger partial charge in [-0.1, -0.05) is 12.1 Å². The molecule has 6 heteroatoms. The first kappa shape index (κ1) is 15.5. The number of aliphatic hydroxyl groups excluding tert-OH is 1. The first-order chi connectivity index (χ1) is 10.0. The summed E-state index contributed by atoms with van der Waals surface area (Å²) in [5.41, 5.74) is 1.13. The molecular formula is C15H20N2O4. The van der Waals surface area contributed by atoms with Gasteiger partial charge < -0.3 is 20.1 Å². The number of rotatable bonds is 3. The fourth-order valence-electron chi connectivity index (χ4n) is 2.22. The summed E-state index contributed by atoms with van der Waals surface area (Å²) in [7, 11) is 0. The molecule has 21 heavy (non-hydrogen) atoms. The van der Waals surface area contributed by atoms with Gasteiger partial charge in [-0.15, -0.1) is 0 Å². The highest BCUT2D eigenvalue weighted by Crippen LogP contribution is 2.16. The summed E-state index contributed by atoms with van der Waals surface area (Å²) in [6, 6.07) is 6.49. The van der Waals surface area contributed by atoms with Crippen LogP contribution in [0.1, 0.15) is 24.2 Å². The molecular weight excluding hydrogens is 272 g/mol. The Bertz CT molecular complexity index is 532. The summed E-state index contributed by atoms with van der Waals surface area (Å²) in [5, 5.41) is 11.9. The number of carbonyl (C=O) groups excluding carboxylic acids is 2. The van der Waals surface area contributed by atoms with E-state index in [2.05, 4.69) is 5.32 Å². The van der Waals surface area contributed by atoms with Gasteiger partial charge in [0, 0.05) is 11.3 Å². The quantitative estimate of drug-likeness (QED) is 0.828. The van der Waals surface area contributed by atoms with E-state index in [-0.39, 0.29) is 30.6 Å². The van der Waals surface area contributed by atoms with Gasteiger partial charge in [0.05, 0.1) is 31.9 Å². The maximum absolute atomic E-state index is 12.3. The summed E-state index contributed by atoms with van der Waals surface area (Å²) in [6.07, 6.45) is -0.351. The number of carbonyl (C=O) groups is 2. The molecule has 1 aliphatic heterocycles. The fourth-order valence-corrected chi connectivity index (χ4v) is 2.22. The van der Waals surface area contributed by atoms with Gasteiger partial charge >= 0.3 is 6.03 Å². The third-order valence-electron chi connectivity index (χ3n) is 3.49. The number of nitrogens with zero attached hydrogens (tertiary/aromatic N) is 1. The Morgan fingerprint density at radius 1 is 1.48 bits per heavy atom. The van der Waals surface area contributed by atoms with Gasteiger partial charge in [0.25, 0.3) is 0 Å². The van der Waals surface area contributed by atoms with Crippen LogP contribution in [0.5, 0.6) is 0 Å². The lowest BCUT2D eigenvalue weighted by Gasteiger charge is -2.37. The number of anilines is 1. The Balaban J connectivity index is 2.06. The van der Waals surface area contributed by atoms with Gasteiger partial charge in [0.2, 0.25) is 0 Å². The van der Waals surface area contributed by atoms with Crippen LogP contribution in [0.15, 0.2) is 24.3 Å². The third kappa shape index (κ3) is 3.80. The van der Waals surface area contributed by atoms with Crippen molar-refractivity contribution in [3.05, 3.63) is 29.8 Å². The summed E-state index contributed by atoms with van der Waals surface area (Å²) in [4.78, 5) is 25.3. The molecule has 0 aliphatic carbocycles. The van der Waals surface area contributed by atoms with Crippen molar-refractivity contribution in [2.24, 2.45) is 0 Å². The first-order valence-corrected chi connectivity index (χ1v) is 6.92. The van der Waals surface area contributed by atoms with Crippen molar-refractivity contribution in [2.75, 3.05) is 25.1 Å². The average Bonchev–Trinajstić information content (AvgIpc) is 2.48. The molecule has 2 rings (SSSR count). The zero-order chi connectivity index (χ0) is 15.4. The highest BCUT2D eigenvalue weighted by molar-refractivity contribution is 5.96. The number of ketones is 1. The molecule has 2 amide bonds. The van der Waals surface area contributed by atoms with Crippen LogP contribution < -0.4 is 5.32 Å². The SMILES string of the molecule is CC(=O)c1cccc(NC(=O)N2CC(CO)OCC2C)c1. The van der Waals surface area contributed by atoms with E-state index in [4.69, 9.17) is 9.84 Å². The molecule has 0 aromatic heterocycles. The Hall–Kier alpha value is -1.92. The number of urea groups is 1. The number of Topliss-reactive ketones (excluding diaryl/α,β-unsaturated/α-hetero) is 1. The molecule has 0 saturated carbocycles. The highest BCUT2D eigenvalue weighted by atomic mass is 16.5. The van der Waals surface area contributed by atoms with Crippen LogP contribution in [0.4, 0.5) is 10.5 Å². The van der Waals surface area contributed by atoms with Crippen molar-refractivity contribution in [2.45, 2.75) is 26.0 Å². The fraction of sp³-hybridized carbons (Fsp3) is 0.467. The lowest BCUT2D eigenvalue weighted by atomic mass is 10.1. The molecule has 1 fully saturated rings. The van der Waals surface area contributed by atoms with E-state index in [1.807, 2.05) is 6.92 Å². The second-order valence-corrected chi connectivity index (χ2v) is 5.21. The van der Waals surface area contributed by atoms with E-state index in [1.165, 1.54) is 6.92 Å². The number of aliphatic hydroxyl groups is 1. The van der Waals surface area contributed by atoms with Gasteiger partial charge in [-0.25, -0.2) is 4.79 Å². The number of benzene rings is 1. The molecule has 1 aromatic rings. The van der Waals surface area contributed by atoms with Crippen LogP contribution in [0.2, 0.25) is 0 Å². The van der Waals surface area contributed by atoms with Crippen LogP contribution in [-0.2, 0) is 4.74 Å². The number of nitrogens with one attached hydrogen (secondary N) is 1. The van der Waals surface area contributed by atoms with Crippen molar-refractivity contribution in [3.63, 3.8) is 0 Å². The standard InChI is InChI=1S/C15H20N2O4/c1-10-9-21-14(8-18)7-17(10)15(20)16-13-5-3-4-12(6-13)11(2)19/h3-6,10,14,18H,7-9H2,1-2H3,(H,16,20). The zero-order valence-electron chi connectivity index (χ0n) is 12.2. The maximum atomic E-state index is 12.3. The second-order valence-electron chi connectivity index (χ2n) is 5.21. The molecule has 2 N–H and O–H groups in total. The summed E-state index contributed by atoms with van der Waals surface area (Å²) < 4.78 is 5.40. The number of hydrogen-bond donors (Lipinski definition) is 2. The number of hydrogen-bond acceptors (Lipinski definition) is 4. The third-order valence-corrected chi connectivity index (χ3v) is 3.49. The predicted molar refractivity (Wildman–Crippen MR) is 78.5 cm³/mol. The van der Waals surface area contributed by atoms with Crippen molar-refractivity contribution in [3.8, 4) is 0 Å². The molecule has 0 spiro atoms. The van der Waals surface area contributed by atoms with Crippen molar-refractivity contribution in [1.82, 2.24) is 4.90 Å². The van der Waals surface area contributed by atoms with E-state index < -0.39 is 0 Å². The van der Waals surface area contributed by atoms with Crippen LogP contribution in [-0.4, -0.2) is 53.7 Å². The number of morpholine rings is 1. The summed E-state index contributed by atoms with van der Waals surface area (Å²) in [6.45, 7) is 3.99. The smallest absolute Gasteiger partial charge is 0.322 e. The molecule has 1 aliphatic rings. The molecule has 0 bridgehead atoms. The summed E-state index contributed by atoms with van der Waals surface area (Å²) >= 11 is 0. The zero-order valence-corrected chi connectivity index (χ0v) is 12.2. The number of amides is 2. The Morgan fingerprint density at radius 2 is 2.24 bits per heavy atom. The van der Waals surface area contributed by atoms with Crippen LogP contribution in [0.3, 0.4) is 0 Å². The molecule has 1 saturated heterocycles. The first-order valence-electron chi connectivity index (χ1n) is 6.92. The van der Waals surface area contributed by atoms with Crippen molar-refractivity contribution in [1.29, 1.82) is 0 Å². The molecule has 0 radical (unpaired) electrons. The summed E-state index contributed by atoms with van der Waals surface area (Å²) in [5.74, 6) is -0.0498. The minimum Gasteiger partial charge on any atom is -0.394 e. The predicted octanol–water partition coefficient (Wildman–Crippen LogP) is 1.50. The average molecular weight is 292 g/mol. The minimum atomic E-state index is -0.351. The van der Waals surface area contributed by atoms with E-state index in [0.29, 0.717) is 24.4 Å². The highest BCUT2D eigenvalue weighted by Gasteiger charge is 2.29. The Morgan fingerprint density at radius 3 is 2.90 bits per heavy atom. The van der Waals surface area contributed by atoms with Crippen LogP contribution >= 0.6 is 0 Å². The van der Waals surface area contributed by atoms with E-state index in [1.54, 1.807) is 29.2 Å². The van der Waals surface area contributed by atoms with E-state index in [0.717, 1.165) is 0 Å². The lowest BCUT2D eigenvalue weighted by Crippen LogP contribution is -2.53. The number of ether oxygens (including phenoxy) is 1. The lowest BCUT2D eigenvalue weighted by molar-refractivity contribution is -0.0611. The van der Waals surface area contributed by atoms with E-state index in [9.17, 15) is 9.59 Å². The van der Waals surface area contributed by atoms with Gasteiger partial charge in [0.1, 0.15) is 0 Å². The molecule has 6 nitrogen and oxygen atoms in total. The van der Waals surface area contributed by atoms with Gasteiger partial charge in [-0.3, -0.25) is 4.79 Å². The largest absolute Gasteiger partial charge is 0.394 e.